The number of aromatic nitrogens is 3. The zero-order valence-electron chi connectivity index (χ0n) is 17.3. The summed E-state index contributed by atoms with van der Waals surface area (Å²) in [6.07, 6.45) is -4.44. The molecular weight excluding hydrogens is 435 g/mol. The van der Waals surface area contributed by atoms with Crippen LogP contribution in [-0.4, -0.2) is 78.0 Å². The summed E-state index contributed by atoms with van der Waals surface area (Å²) in [4.78, 5) is 15.8. The fraction of sp³-hybridized carbons (Fsp3) is 0.526. The number of nitrogens with zero attached hydrogens (tertiary/aromatic N) is 5. The van der Waals surface area contributed by atoms with Gasteiger partial charge in [-0.05, 0) is 6.07 Å². The van der Waals surface area contributed by atoms with Crippen molar-refractivity contribution in [1.29, 1.82) is 0 Å². The summed E-state index contributed by atoms with van der Waals surface area (Å²) in [5, 5.41) is 7.93. The van der Waals surface area contributed by atoms with Crippen LogP contribution in [0.5, 0.6) is 5.75 Å². The van der Waals surface area contributed by atoms with Gasteiger partial charge in [-0.3, -0.25) is 9.36 Å². The number of benzene rings is 1. The average Bonchev–Trinajstić information content (AvgIpc) is 3.13. The van der Waals surface area contributed by atoms with E-state index < -0.39 is 12.7 Å². The predicted molar refractivity (Wildman–Crippen MR) is 109 cm³/mol. The van der Waals surface area contributed by atoms with Gasteiger partial charge < -0.3 is 19.3 Å². The number of hydrogen-bond donors (Lipinski definition) is 0. The number of alkyl halides is 3. The first kappa shape index (κ1) is 23.2. The molecule has 1 saturated heterocycles. The van der Waals surface area contributed by atoms with Gasteiger partial charge in [-0.2, -0.15) is 13.2 Å². The molecule has 8 nitrogen and oxygen atoms in total. The zero-order chi connectivity index (χ0) is 22.4. The van der Waals surface area contributed by atoms with Crippen LogP contribution in [0.3, 0.4) is 0 Å². The second-order valence-corrected chi connectivity index (χ2v) is 7.88. The third kappa shape index (κ3) is 6.26. The minimum absolute atomic E-state index is 0.0536. The maximum atomic E-state index is 13.2. The van der Waals surface area contributed by atoms with E-state index in [9.17, 15) is 18.0 Å². The van der Waals surface area contributed by atoms with Gasteiger partial charge in [0.15, 0.2) is 5.16 Å². The second-order valence-electron chi connectivity index (χ2n) is 6.93. The lowest BCUT2D eigenvalue weighted by Gasteiger charge is -2.28. The number of amides is 1. The Balaban J connectivity index is 1.68. The largest absolute Gasteiger partial charge is 0.496 e. The Labute approximate surface area is 182 Å². The van der Waals surface area contributed by atoms with Gasteiger partial charge in [0.25, 0.3) is 0 Å². The van der Waals surface area contributed by atoms with E-state index >= 15 is 0 Å². The van der Waals surface area contributed by atoms with Crippen molar-refractivity contribution in [3.63, 3.8) is 0 Å². The highest BCUT2D eigenvalue weighted by Crippen LogP contribution is 2.28. The molecule has 1 amide bonds. The number of rotatable bonds is 8. The minimum Gasteiger partial charge on any atom is -0.496 e. The molecule has 2 aromatic rings. The van der Waals surface area contributed by atoms with Crippen molar-refractivity contribution in [1.82, 2.24) is 19.7 Å². The molecule has 0 atom stereocenters. The first-order valence-corrected chi connectivity index (χ1v) is 10.6. The molecule has 170 valence electrons. The van der Waals surface area contributed by atoms with E-state index in [1.165, 1.54) is 4.90 Å². The molecule has 12 heteroatoms. The first-order valence-electron chi connectivity index (χ1n) is 9.60. The lowest BCUT2D eigenvalue weighted by molar-refractivity contribution is -0.141. The van der Waals surface area contributed by atoms with Gasteiger partial charge in [-0.15, -0.1) is 10.2 Å². The second kappa shape index (κ2) is 10.2. The van der Waals surface area contributed by atoms with Gasteiger partial charge in [-0.1, -0.05) is 30.0 Å². The van der Waals surface area contributed by atoms with Crippen LogP contribution in [0.4, 0.5) is 19.1 Å². The van der Waals surface area contributed by atoms with Crippen LogP contribution in [0.1, 0.15) is 5.56 Å². The van der Waals surface area contributed by atoms with Crippen LogP contribution in [-0.2, 0) is 22.6 Å². The molecule has 3 rings (SSSR count). The maximum absolute atomic E-state index is 13.2. The summed E-state index contributed by atoms with van der Waals surface area (Å²) >= 11 is 0.938. The summed E-state index contributed by atoms with van der Waals surface area (Å²) in [6, 6.07) is 7.33. The molecule has 0 saturated carbocycles. The summed E-state index contributed by atoms with van der Waals surface area (Å²) in [5.74, 6) is 0.489. The fourth-order valence-corrected chi connectivity index (χ4v) is 3.99. The standard InChI is InChI=1S/C19H24F3N5O3S/c1-25(11-14-5-3-4-6-15(14)29-2)16(28)12-31-18-24-23-17(26-7-9-30-10-8-26)27(18)13-19(20,21)22/h3-6H,7-13H2,1-2H3. The molecule has 1 aromatic carbocycles. The lowest BCUT2D eigenvalue weighted by atomic mass is 10.2. The number of anilines is 1. The van der Waals surface area contributed by atoms with Crippen molar-refractivity contribution >= 4 is 23.6 Å². The van der Waals surface area contributed by atoms with E-state index in [1.54, 1.807) is 25.1 Å². The summed E-state index contributed by atoms with van der Waals surface area (Å²) in [7, 11) is 3.19. The van der Waals surface area contributed by atoms with E-state index in [0.717, 1.165) is 21.9 Å². The molecule has 0 spiro atoms. The number of ether oxygens (including phenoxy) is 2. The minimum atomic E-state index is -4.44. The topological polar surface area (TPSA) is 72.7 Å². The fourth-order valence-electron chi connectivity index (χ4n) is 3.12. The average molecular weight is 459 g/mol. The Morgan fingerprint density at radius 1 is 1.26 bits per heavy atom. The third-order valence-corrected chi connectivity index (χ3v) is 5.63. The van der Waals surface area contributed by atoms with Crippen molar-refractivity contribution < 1.29 is 27.4 Å². The zero-order valence-corrected chi connectivity index (χ0v) is 18.1. The molecule has 2 heterocycles. The Hall–Kier alpha value is -2.47. The molecule has 31 heavy (non-hydrogen) atoms. The van der Waals surface area contributed by atoms with E-state index in [-0.39, 0.29) is 22.8 Å². The first-order chi connectivity index (χ1) is 14.8. The number of hydrogen-bond acceptors (Lipinski definition) is 7. The van der Waals surface area contributed by atoms with Crippen LogP contribution < -0.4 is 9.64 Å². The highest BCUT2D eigenvalue weighted by atomic mass is 32.2. The number of halogens is 3. The van der Waals surface area contributed by atoms with Crippen LogP contribution in [0.25, 0.3) is 0 Å². The van der Waals surface area contributed by atoms with E-state index in [0.29, 0.717) is 38.6 Å². The van der Waals surface area contributed by atoms with Crippen molar-refractivity contribution in [3.05, 3.63) is 29.8 Å². The highest BCUT2D eigenvalue weighted by Gasteiger charge is 2.33. The van der Waals surface area contributed by atoms with Gasteiger partial charge >= 0.3 is 6.18 Å². The van der Waals surface area contributed by atoms with Crippen LogP contribution >= 0.6 is 11.8 Å². The maximum Gasteiger partial charge on any atom is 0.406 e. The van der Waals surface area contributed by atoms with E-state index in [1.807, 2.05) is 18.2 Å². The number of methoxy groups -OCH3 is 1. The third-order valence-electron chi connectivity index (χ3n) is 4.68. The molecule has 1 aromatic heterocycles. The van der Waals surface area contributed by atoms with Gasteiger partial charge in [0.1, 0.15) is 12.3 Å². The van der Waals surface area contributed by atoms with E-state index in [2.05, 4.69) is 10.2 Å². The van der Waals surface area contributed by atoms with Gasteiger partial charge in [0.2, 0.25) is 11.9 Å². The quantitative estimate of drug-likeness (QED) is 0.562. The molecule has 0 radical (unpaired) electrons. The summed E-state index contributed by atoms with van der Waals surface area (Å²) in [6.45, 7) is 0.779. The van der Waals surface area contributed by atoms with Crippen LogP contribution in [0.2, 0.25) is 0 Å². The van der Waals surface area contributed by atoms with Crippen molar-refractivity contribution in [3.8, 4) is 5.75 Å². The van der Waals surface area contributed by atoms with Crippen molar-refractivity contribution in [2.45, 2.75) is 24.4 Å². The van der Waals surface area contributed by atoms with Gasteiger partial charge in [0, 0.05) is 32.2 Å². The monoisotopic (exact) mass is 459 g/mol. The molecule has 0 bridgehead atoms. The molecular formula is C19H24F3N5O3S. The predicted octanol–water partition coefficient (Wildman–Crippen LogP) is 2.44. The number of carbonyl (C=O) groups excluding carboxylic acids is 1. The summed E-state index contributed by atoms with van der Waals surface area (Å²) < 4.78 is 51.1. The Morgan fingerprint density at radius 3 is 2.65 bits per heavy atom. The highest BCUT2D eigenvalue weighted by molar-refractivity contribution is 7.99. The van der Waals surface area contributed by atoms with Crippen molar-refractivity contribution in [2.24, 2.45) is 0 Å². The van der Waals surface area contributed by atoms with Gasteiger partial charge in [0.05, 0.1) is 26.1 Å². The number of thioether (sulfide) groups is 1. The molecule has 1 fully saturated rings. The van der Waals surface area contributed by atoms with Crippen LogP contribution in [0.15, 0.2) is 29.4 Å². The normalized spacial score (nSPS) is 14.5. The Morgan fingerprint density at radius 2 is 1.97 bits per heavy atom. The molecule has 0 N–H and O–H groups in total. The SMILES string of the molecule is COc1ccccc1CN(C)C(=O)CSc1nnc(N2CCOCC2)n1CC(F)(F)F. The smallest absolute Gasteiger partial charge is 0.406 e. The molecule has 1 aliphatic rings. The lowest BCUT2D eigenvalue weighted by Crippen LogP contribution is -2.38. The van der Waals surface area contributed by atoms with Gasteiger partial charge in [-0.25, -0.2) is 0 Å². The Kier molecular flexibility index (Phi) is 7.65. The molecule has 0 aliphatic carbocycles. The Bertz CT molecular complexity index is 887. The van der Waals surface area contributed by atoms with Crippen molar-refractivity contribution in [2.75, 3.05) is 51.1 Å². The molecule has 0 unspecified atom stereocenters. The molecule has 1 aliphatic heterocycles. The number of para-hydroxylation sites is 1. The summed E-state index contributed by atoms with van der Waals surface area (Å²) in [5.41, 5.74) is 0.834. The number of morpholine rings is 1. The van der Waals surface area contributed by atoms with Crippen LogP contribution in [0, 0.1) is 0 Å². The number of carbonyl (C=O) groups is 1. The van der Waals surface area contributed by atoms with E-state index in [4.69, 9.17) is 9.47 Å².